The molecule has 2 heterocycles. The Labute approximate surface area is 110 Å². The van der Waals surface area contributed by atoms with Crippen LogP contribution >= 0.6 is 0 Å². The van der Waals surface area contributed by atoms with Gasteiger partial charge in [0.05, 0.1) is 11.4 Å². The summed E-state index contributed by atoms with van der Waals surface area (Å²) in [4.78, 5) is 16.5. The van der Waals surface area contributed by atoms with Gasteiger partial charge in [0, 0.05) is 18.0 Å². The molecule has 0 atom stereocenters. The Morgan fingerprint density at radius 1 is 1.16 bits per heavy atom. The van der Waals surface area contributed by atoms with Crippen molar-refractivity contribution in [3.8, 4) is 0 Å². The number of carbonyl (C=O) groups is 1. The molecule has 0 radical (unpaired) electrons. The number of imidazole rings is 1. The van der Waals surface area contributed by atoms with Crippen molar-refractivity contribution in [3.63, 3.8) is 0 Å². The van der Waals surface area contributed by atoms with Crippen molar-refractivity contribution in [1.82, 2.24) is 9.38 Å². The van der Waals surface area contributed by atoms with Crippen LogP contribution < -0.4 is 5.32 Å². The van der Waals surface area contributed by atoms with E-state index >= 15 is 0 Å². The molecule has 1 amide bonds. The van der Waals surface area contributed by atoms with E-state index in [0.29, 0.717) is 11.3 Å². The number of pyridine rings is 1. The highest BCUT2D eigenvalue weighted by Crippen LogP contribution is 2.17. The molecular weight excluding hydrogens is 238 g/mol. The van der Waals surface area contributed by atoms with Gasteiger partial charge in [0.2, 0.25) is 0 Å². The summed E-state index contributed by atoms with van der Waals surface area (Å²) in [5.74, 6) is -0.130. The fourth-order valence-corrected chi connectivity index (χ4v) is 2.02. The molecule has 0 aliphatic heterocycles. The van der Waals surface area contributed by atoms with Gasteiger partial charge in [0.15, 0.2) is 5.65 Å². The van der Waals surface area contributed by atoms with E-state index in [1.54, 1.807) is 12.1 Å². The Morgan fingerprint density at radius 3 is 2.74 bits per heavy atom. The zero-order valence-corrected chi connectivity index (χ0v) is 10.5. The summed E-state index contributed by atoms with van der Waals surface area (Å²) in [6.45, 7) is 1.93. The third-order valence-corrected chi connectivity index (χ3v) is 2.89. The Balaban J connectivity index is 1.95. The molecule has 0 spiro atoms. The minimum Gasteiger partial charge on any atom is -0.319 e. The van der Waals surface area contributed by atoms with Crippen LogP contribution in [-0.2, 0) is 0 Å². The summed E-state index contributed by atoms with van der Waals surface area (Å²) in [5, 5.41) is 2.89. The number of fused-ring (bicyclic) bond motifs is 1. The third kappa shape index (κ3) is 2.20. The average molecular weight is 251 g/mol. The SMILES string of the molecule is Cc1cn2cccc(NC(=O)c3ccccc3)c2n1. The largest absolute Gasteiger partial charge is 0.319 e. The fourth-order valence-electron chi connectivity index (χ4n) is 2.02. The van der Waals surface area contributed by atoms with E-state index in [-0.39, 0.29) is 5.91 Å². The molecule has 0 bridgehead atoms. The Morgan fingerprint density at radius 2 is 1.95 bits per heavy atom. The summed E-state index contributed by atoms with van der Waals surface area (Å²) < 4.78 is 1.90. The number of rotatable bonds is 2. The Bertz CT molecular complexity index is 731. The molecule has 3 aromatic rings. The number of nitrogens with zero attached hydrogens (tertiary/aromatic N) is 2. The maximum Gasteiger partial charge on any atom is 0.255 e. The van der Waals surface area contributed by atoms with E-state index in [1.165, 1.54) is 0 Å². The van der Waals surface area contributed by atoms with Gasteiger partial charge in [-0.2, -0.15) is 0 Å². The van der Waals surface area contributed by atoms with Crippen molar-refractivity contribution < 1.29 is 4.79 Å². The number of aromatic nitrogens is 2. The quantitative estimate of drug-likeness (QED) is 0.761. The number of hydrogen-bond donors (Lipinski definition) is 1. The van der Waals surface area contributed by atoms with Gasteiger partial charge < -0.3 is 9.72 Å². The first-order valence-corrected chi connectivity index (χ1v) is 6.05. The van der Waals surface area contributed by atoms with Crippen LogP contribution in [0.3, 0.4) is 0 Å². The van der Waals surface area contributed by atoms with Gasteiger partial charge in [-0.1, -0.05) is 18.2 Å². The molecule has 1 aromatic carbocycles. The first-order chi connectivity index (χ1) is 9.24. The van der Waals surface area contributed by atoms with Crippen molar-refractivity contribution in [2.24, 2.45) is 0 Å². The number of aryl methyl sites for hydroxylation is 1. The molecule has 0 fully saturated rings. The van der Waals surface area contributed by atoms with Crippen molar-refractivity contribution in [1.29, 1.82) is 0 Å². The van der Waals surface area contributed by atoms with Gasteiger partial charge in [0.25, 0.3) is 5.91 Å². The first kappa shape index (κ1) is 11.5. The van der Waals surface area contributed by atoms with Gasteiger partial charge >= 0.3 is 0 Å². The fraction of sp³-hybridized carbons (Fsp3) is 0.0667. The van der Waals surface area contributed by atoms with Crippen molar-refractivity contribution >= 4 is 17.2 Å². The molecule has 0 aliphatic carbocycles. The molecule has 4 nitrogen and oxygen atoms in total. The van der Waals surface area contributed by atoms with Gasteiger partial charge in [-0.05, 0) is 31.2 Å². The summed E-state index contributed by atoms with van der Waals surface area (Å²) in [6.07, 6.45) is 3.83. The van der Waals surface area contributed by atoms with Gasteiger partial charge in [0.1, 0.15) is 0 Å². The van der Waals surface area contributed by atoms with Gasteiger partial charge in [-0.15, -0.1) is 0 Å². The standard InChI is InChI=1S/C15H13N3O/c1-11-10-18-9-5-8-13(14(18)16-11)17-15(19)12-6-3-2-4-7-12/h2-10H,1H3,(H,17,19). The molecule has 2 aromatic heterocycles. The predicted molar refractivity (Wildman–Crippen MR) is 74.3 cm³/mol. The molecule has 4 heteroatoms. The maximum atomic E-state index is 12.1. The number of carbonyl (C=O) groups excluding carboxylic acids is 1. The number of anilines is 1. The monoisotopic (exact) mass is 251 g/mol. The highest BCUT2D eigenvalue weighted by molar-refractivity contribution is 6.05. The van der Waals surface area contributed by atoms with Crippen molar-refractivity contribution in [2.75, 3.05) is 5.32 Å². The maximum absolute atomic E-state index is 12.1. The van der Waals surface area contributed by atoms with Gasteiger partial charge in [-0.3, -0.25) is 4.79 Å². The molecule has 0 unspecified atom stereocenters. The van der Waals surface area contributed by atoms with Crippen LogP contribution in [0.25, 0.3) is 5.65 Å². The Kier molecular flexibility index (Phi) is 2.76. The van der Waals surface area contributed by atoms with Crippen molar-refractivity contribution in [3.05, 3.63) is 66.1 Å². The molecule has 0 saturated heterocycles. The number of nitrogens with one attached hydrogen (secondary N) is 1. The van der Waals surface area contributed by atoms with Crippen LogP contribution in [0.2, 0.25) is 0 Å². The molecular formula is C15H13N3O. The first-order valence-electron chi connectivity index (χ1n) is 6.05. The number of benzene rings is 1. The van der Waals surface area contributed by atoms with Crippen LogP contribution in [-0.4, -0.2) is 15.3 Å². The minimum absolute atomic E-state index is 0.130. The lowest BCUT2D eigenvalue weighted by atomic mass is 10.2. The van der Waals surface area contributed by atoms with E-state index in [9.17, 15) is 4.79 Å². The second kappa shape index (κ2) is 4.57. The molecule has 0 saturated carbocycles. The zero-order chi connectivity index (χ0) is 13.2. The average Bonchev–Trinajstić information content (AvgIpc) is 2.81. The number of amides is 1. The highest BCUT2D eigenvalue weighted by Gasteiger charge is 2.09. The number of hydrogen-bond acceptors (Lipinski definition) is 2. The molecule has 0 aliphatic rings. The van der Waals surface area contributed by atoms with Gasteiger partial charge in [-0.25, -0.2) is 4.98 Å². The molecule has 19 heavy (non-hydrogen) atoms. The third-order valence-electron chi connectivity index (χ3n) is 2.89. The smallest absolute Gasteiger partial charge is 0.255 e. The second-order valence-electron chi connectivity index (χ2n) is 4.36. The molecule has 3 rings (SSSR count). The lowest BCUT2D eigenvalue weighted by Gasteiger charge is -2.06. The summed E-state index contributed by atoms with van der Waals surface area (Å²) in [6, 6.07) is 12.9. The van der Waals surface area contributed by atoms with E-state index in [4.69, 9.17) is 0 Å². The lowest BCUT2D eigenvalue weighted by molar-refractivity contribution is 0.102. The molecule has 94 valence electrons. The van der Waals surface area contributed by atoms with Crippen LogP contribution in [0, 0.1) is 6.92 Å². The van der Waals surface area contributed by atoms with E-state index < -0.39 is 0 Å². The second-order valence-corrected chi connectivity index (χ2v) is 4.36. The minimum atomic E-state index is -0.130. The van der Waals surface area contributed by atoms with Crippen LogP contribution in [0.15, 0.2) is 54.9 Å². The lowest BCUT2D eigenvalue weighted by Crippen LogP contribution is -2.12. The topological polar surface area (TPSA) is 46.4 Å². The summed E-state index contributed by atoms with van der Waals surface area (Å²) >= 11 is 0. The zero-order valence-electron chi connectivity index (χ0n) is 10.5. The normalized spacial score (nSPS) is 10.6. The van der Waals surface area contributed by atoms with E-state index in [2.05, 4.69) is 10.3 Å². The molecule has 1 N–H and O–H groups in total. The Hall–Kier alpha value is -2.62. The summed E-state index contributed by atoms with van der Waals surface area (Å²) in [5.41, 5.74) is 3.02. The van der Waals surface area contributed by atoms with Crippen LogP contribution in [0.5, 0.6) is 0 Å². The van der Waals surface area contributed by atoms with E-state index in [1.807, 2.05) is 54.0 Å². The predicted octanol–water partition coefficient (Wildman–Crippen LogP) is 2.90. The van der Waals surface area contributed by atoms with Crippen LogP contribution in [0.4, 0.5) is 5.69 Å². The highest BCUT2D eigenvalue weighted by atomic mass is 16.1. The summed E-state index contributed by atoms with van der Waals surface area (Å²) in [7, 11) is 0. The van der Waals surface area contributed by atoms with E-state index in [0.717, 1.165) is 11.3 Å². The van der Waals surface area contributed by atoms with Crippen molar-refractivity contribution in [2.45, 2.75) is 6.92 Å². The van der Waals surface area contributed by atoms with Crippen LogP contribution in [0.1, 0.15) is 16.1 Å².